The first-order valence-corrected chi connectivity index (χ1v) is 4.70. The molecule has 0 aliphatic carbocycles. The molecule has 1 aromatic heterocycles. The van der Waals surface area contributed by atoms with Crippen molar-refractivity contribution >= 4 is 32.8 Å². The Hall–Kier alpha value is -1.42. The number of nitrogen functional groups attached to an aromatic ring is 2. The maximum absolute atomic E-state index is 5.75. The van der Waals surface area contributed by atoms with Crippen LogP contribution < -0.4 is 16.2 Å². The summed E-state index contributed by atoms with van der Waals surface area (Å²) in [5, 5.41) is 2.91. The van der Waals surface area contributed by atoms with Crippen LogP contribution in [0.3, 0.4) is 0 Å². The number of methoxy groups -OCH3 is 1. The molecule has 0 atom stereocenters. The van der Waals surface area contributed by atoms with E-state index in [2.05, 4.69) is 0 Å². The molecule has 0 spiro atoms. The molecule has 0 saturated carbocycles. The van der Waals surface area contributed by atoms with Crippen LogP contribution >= 0.6 is 11.3 Å². The lowest BCUT2D eigenvalue weighted by Crippen LogP contribution is -1.91. The average Bonchev–Trinajstić information content (AvgIpc) is 2.47. The van der Waals surface area contributed by atoms with E-state index < -0.39 is 0 Å². The second-order valence-electron chi connectivity index (χ2n) is 2.78. The second kappa shape index (κ2) is 2.81. The molecular weight excluding hydrogens is 184 g/mol. The van der Waals surface area contributed by atoms with E-state index in [1.807, 2.05) is 17.5 Å². The van der Waals surface area contributed by atoms with Gasteiger partial charge in [0.1, 0.15) is 5.75 Å². The molecule has 0 fully saturated rings. The summed E-state index contributed by atoms with van der Waals surface area (Å²) >= 11 is 1.59. The van der Waals surface area contributed by atoms with E-state index in [0.717, 1.165) is 15.8 Å². The number of anilines is 2. The fraction of sp³-hybridized carbons (Fsp3) is 0.111. The van der Waals surface area contributed by atoms with Crippen molar-refractivity contribution in [2.75, 3.05) is 18.6 Å². The first kappa shape index (κ1) is 8.19. The highest BCUT2D eigenvalue weighted by molar-refractivity contribution is 7.17. The van der Waals surface area contributed by atoms with Gasteiger partial charge in [0.15, 0.2) is 0 Å². The van der Waals surface area contributed by atoms with Crippen LogP contribution in [0.4, 0.5) is 11.4 Å². The monoisotopic (exact) mass is 194 g/mol. The van der Waals surface area contributed by atoms with Crippen molar-refractivity contribution in [3.8, 4) is 5.75 Å². The Labute approximate surface area is 79.9 Å². The van der Waals surface area contributed by atoms with E-state index in [1.54, 1.807) is 18.4 Å². The molecule has 1 aromatic carbocycles. The van der Waals surface area contributed by atoms with Gasteiger partial charge in [0.2, 0.25) is 0 Å². The smallest absolute Gasteiger partial charge is 0.143 e. The molecule has 0 saturated heterocycles. The fourth-order valence-corrected chi connectivity index (χ4v) is 2.13. The summed E-state index contributed by atoms with van der Waals surface area (Å²) in [5.41, 5.74) is 12.9. The second-order valence-corrected chi connectivity index (χ2v) is 3.69. The summed E-state index contributed by atoms with van der Waals surface area (Å²) in [6.45, 7) is 0. The molecule has 0 radical (unpaired) electrons. The van der Waals surface area contributed by atoms with Gasteiger partial charge in [-0.05, 0) is 6.07 Å². The van der Waals surface area contributed by atoms with Crippen molar-refractivity contribution in [1.82, 2.24) is 0 Å². The molecule has 68 valence electrons. The van der Waals surface area contributed by atoms with Crippen LogP contribution in [0.25, 0.3) is 10.1 Å². The topological polar surface area (TPSA) is 61.3 Å². The summed E-state index contributed by atoms with van der Waals surface area (Å²) in [6.07, 6.45) is 0. The zero-order chi connectivity index (χ0) is 9.42. The minimum absolute atomic E-state index is 0.625. The average molecular weight is 194 g/mol. The first-order valence-electron chi connectivity index (χ1n) is 3.82. The molecule has 0 unspecified atom stereocenters. The molecule has 0 aliphatic rings. The number of thiophene rings is 1. The van der Waals surface area contributed by atoms with Crippen molar-refractivity contribution in [3.05, 3.63) is 17.5 Å². The zero-order valence-electron chi connectivity index (χ0n) is 7.20. The van der Waals surface area contributed by atoms with Gasteiger partial charge in [0, 0.05) is 21.5 Å². The standard InChI is InChI=1S/C9H10N2OS/c1-12-8-3-9-5(2-6(8)10)7(11)4-13-9/h2-4H,10-11H2,1H3. The quantitative estimate of drug-likeness (QED) is 0.683. The van der Waals surface area contributed by atoms with Gasteiger partial charge >= 0.3 is 0 Å². The third-order valence-electron chi connectivity index (χ3n) is 1.96. The SMILES string of the molecule is COc1cc2scc(N)c2cc1N. The van der Waals surface area contributed by atoms with E-state index in [0.29, 0.717) is 11.4 Å². The van der Waals surface area contributed by atoms with Crippen LogP contribution in [0.2, 0.25) is 0 Å². The summed E-state index contributed by atoms with van der Waals surface area (Å²) in [6, 6.07) is 3.76. The van der Waals surface area contributed by atoms with Crippen molar-refractivity contribution in [2.24, 2.45) is 0 Å². The van der Waals surface area contributed by atoms with Gasteiger partial charge in [-0.25, -0.2) is 0 Å². The maximum atomic E-state index is 5.75. The number of rotatable bonds is 1. The van der Waals surface area contributed by atoms with Gasteiger partial charge < -0.3 is 16.2 Å². The number of nitrogens with two attached hydrogens (primary N) is 2. The number of fused-ring (bicyclic) bond motifs is 1. The molecule has 1 heterocycles. The van der Waals surface area contributed by atoms with E-state index in [1.165, 1.54) is 0 Å². The Morgan fingerprint density at radius 1 is 1.23 bits per heavy atom. The number of hydrogen-bond donors (Lipinski definition) is 2. The lowest BCUT2D eigenvalue weighted by atomic mass is 10.2. The molecule has 13 heavy (non-hydrogen) atoms. The highest BCUT2D eigenvalue weighted by atomic mass is 32.1. The highest BCUT2D eigenvalue weighted by Gasteiger charge is 2.05. The lowest BCUT2D eigenvalue weighted by Gasteiger charge is -2.03. The fourth-order valence-electron chi connectivity index (χ4n) is 1.27. The Bertz CT molecular complexity index is 450. The van der Waals surface area contributed by atoms with Crippen LogP contribution in [-0.2, 0) is 0 Å². The van der Waals surface area contributed by atoms with Gasteiger partial charge in [-0.2, -0.15) is 0 Å². The Morgan fingerprint density at radius 3 is 2.69 bits per heavy atom. The normalized spacial score (nSPS) is 10.5. The van der Waals surface area contributed by atoms with Crippen LogP contribution in [-0.4, -0.2) is 7.11 Å². The van der Waals surface area contributed by atoms with Gasteiger partial charge in [0.05, 0.1) is 18.5 Å². The summed E-state index contributed by atoms with van der Waals surface area (Å²) < 4.78 is 6.20. The molecule has 2 rings (SSSR count). The highest BCUT2D eigenvalue weighted by Crippen LogP contribution is 2.34. The van der Waals surface area contributed by atoms with Gasteiger partial charge in [-0.1, -0.05) is 0 Å². The molecule has 3 nitrogen and oxygen atoms in total. The Kier molecular flexibility index (Phi) is 1.77. The third kappa shape index (κ3) is 1.19. The van der Waals surface area contributed by atoms with E-state index in [9.17, 15) is 0 Å². The van der Waals surface area contributed by atoms with E-state index in [-0.39, 0.29) is 0 Å². The molecule has 4 heteroatoms. The predicted molar refractivity (Wildman–Crippen MR) is 57.2 cm³/mol. The molecule has 2 aromatic rings. The molecule has 0 aliphatic heterocycles. The van der Waals surface area contributed by atoms with Crippen molar-refractivity contribution < 1.29 is 4.74 Å². The molecule has 0 bridgehead atoms. The van der Waals surface area contributed by atoms with Crippen LogP contribution in [0.15, 0.2) is 17.5 Å². The van der Waals surface area contributed by atoms with E-state index in [4.69, 9.17) is 16.2 Å². The predicted octanol–water partition coefficient (Wildman–Crippen LogP) is 2.07. The molecular formula is C9H10N2OS. The largest absolute Gasteiger partial charge is 0.495 e. The van der Waals surface area contributed by atoms with E-state index >= 15 is 0 Å². The molecule has 4 N–H and O–H groups in total. The number of benzene rings is 1. The Morgan fingerprint density at radius 2 is 2.00 bits per heavy atom. The van der Waals surface area contributed by atoms with Gasteiger partial charge in [-0.3, -0.25) is 0 Å². The Balaban J connectivity index is 2.76. The van der Waals surface area contributed by atoms with Crippen LogP contribution in [0.1, 0.15) is 0 Å². The van der Waals surface area contributed by atoms with Gasteiger partial charge in [-0.15, -0.1) is 11.3 Å². The van der Waals surface area contributed by atoms with Crippen molar-refractivity contribution in [2.45, 2.75) is 0 Å². The maximum Gasteiger partial charge on any atom is 0.143 e. The van der Waals surface area contributed by atoms with Crippen LogP contribution in [0, 0.1) is 0 Å². The number of hydrogen-bond acceptors (Lipinski definition) is 4. The lowest BCUT2D eigenvalue weighted by molar-refractivity contribution is 0.417. The zero-order valence-corrected chi connectivity index (χ0v) is 8.02. The molecule has 0 amide bonds. The van der Waals surface area contributed by atoms with Crippen molar-refractivity contribution in [1.29, 1.82) is 0 Å². The first-order chi connectivity index (χ1) is 6.22. The summed E-state index contributed by atoms with van der Waals surface area (Å²) in [5.74, 6) is 0.703. The summed E-state index contributed by atoms with van der Waals surface area (Å²) in [4.78, 5) is 0. The van der Waals surface area contributed by atoms with Gasteiger partial charge in [0.25, 0.3) is 0 Å². The minimum atomic E-state index is 0.625. The minimum Gasteiger partial charge on any atom is -0.495 e. The summed E-state index contributed by atoms with van der Waals surface area (Å²) in [7, 11) is 1.61. The van der Waals surface area contributed by atoms with Crippen LogP contribution in [0.5, 0.6) is 5.75 Å². The van der Waals surface area contributed by atoms with Crippen molar-refractivity contribution in [3.63, 3.8) is 0 Å². The number of ether oxygens (including phenoxy) is 1. The third-order valence-corrected chi connectivity index (χ3v) is 2.92.